The van der Waals surface area contributed by atoms with Gasteiger partial charge < -0.3 is 15.0 Å². The zero-order valence-corrected chi connectivity index (χ0v) is 21.9. The van der Waals surface area contributed by atoms with Crippen molar-refractivity contribution in [2.75, 3.05) is 19.4 Å². The molecule has 0 saturated carbocycles. The highest BCUT2D eigenvalue weighted by Gasteiger charge is 2.29. The molecule has 0 heterocycles. The lowest BCUT2D eigenvalue weighted by Crippen LogP contribution is -2.50. The summed E-state index contributed by atoms with van der Waals surface area (Å²) in [6.07, 6.45) is 0.504. The molecule has 0 fully saturated rings. The average Bonchev–Trinajstić information content (AvgIpc) is 2.79. The van der Waals surface area contributed by atoms with Gasteiger partial charge in [-0.15, -0.1) is 11.8 Å². The summed E-state index contributed by atoms with van der Waals surface area (Å²) in [5, 5.41) is 3.97. The molecule has 0 aliphatic heterocycles. The topological polar surface area (TPSA) is 58.6 Å². The van der Waals surface area contributed by atoms with Crippen molar-refractivity contribution in [2.24, 2.45) is 5.92 Å². The van der Waals surface area contributed by atoms with Crippen molar-refractivity contribution in [1.82, 2.24) is 10.2 Å². The van der Waals surface area contributed by atoms with Crippen LogP contribution in [0.3, 0.4) is 0 Å². The maximum Gasteiger partial charge on any atom is 0.242 e. The molecule has 8 heteroatoms. The number of amides is 2. The molecule has 0 aromatic heterocycles. The van der Waals surface area contributed by atoms with E-state index in [-0.39, 0.29) is 24.1 Å². The molecule has 2 aromatic rings. The van der Waals surface area contributed by atoms with Crippen LogP contribution in [0, 0.1) is 5.92 Å². The van der Waals surface area contributed by atoms with Crippen molar-refractivity contribution >= 4 is 46.8 Å². The van der Waals surface area contributed by atoms with Gasteiger partial charge in [0.1, 0.15) is 11.8 Å². The van der Waals surface area contributed by atoms with E-state index in [2.05, 4.69) is 5.32 Å². The minimum atomic E-state index is -0.579. The number of nitrogens with zero attached hydrogens (tertiary/aromatic N) is 1. The van der Waals surface area contributed by atoms with Gasteiger partial charge in [0, 0.05) is 28.9 Å². The van der Waals surface area contributed by atoms with Gasteiger partial charge in [-0.1, -0.05) is 62.2 Å². The van der Waals surface area contributed by atoms with Crippen molar-refractivity contribution in [3.8, 4) is 5.75 Å². The van der Waals surface area contributed by atoms with Crippen molar-refractivity contribution in [3.05, 3.63) is 63.6 Å². The highest BCUT2D eigenvalue weighted by Crippen LogP contribution is 2.25. The summed E-state index contributed by atoms with van der Waals surface area (Å²) in [7, 11) is 1.63. The van der Waals surface area contributed by atoms with Crippen molar-refractivity contribution in [3.63, 3.8) is 0 Å². The quantitative estimate of drug-likeness (QED) is 0.391. The predicted octanol–water partition coefficient (Wildman–Crippen LogP) is 5.81. The lowest BCUT2D eigenvalue weighted by Gasteiger charge is -2.31. The Hall–Kier alpha value is -1.89. The molecule has 0 spiro atoms. The molecule has 2 amide bonds. The van der Waals surface area contributed by atoms with Crippen LogP contribution >= 0.6 is 35.0 Å². The summed E-state index contributed by atoms with van der Waals surface area (Å²) >= 11 is 13.9. The normalized spacial score (nSPS) is 11.8. The number of thioether (sulfide) groups is 1. The number of hydrogen-bond acceptors (Lipinski definition) is 4. The Morgan fingerprint density at radius 1 is 1.12 bits per heavy atom. The molecule has 0 radical (unpaired) electrons. The number of carbonyl (C=O) groups excluding carboxylic acids is 2. The van der Waals surface area contributed by atoms with Crippen LogP contribution in [0.25, 0.3) is 0 Å². The Bertz CT molecular complexity index is 922. The standard InChI is InChI=1S/C25H32Cl2N2O3S/c1-5-23(25(31)28-13-17(2)3)29(14-19-8-9-20(26)12-22(19)27)24(30)16-33-15-18-6-10-21(32-4)11-7-18/h6-12,17,23H,5,13-16H2,1-4H3,(H,28,31)/t23-/m1/s1. The summed E-state index contributed by atoms with van der Waals surface area (Å²) in [4.78, 5) is 27.9. The van der Waals surface area contributed by atoms with Gasteiger partial charge in [0.05, 0.1) is 12.9 Å². The van der Waals surface area contributed by atoms with E-state index in [9.17, 15) is 9.59 Å². The fourth-order valence-electron chi connectivity index (χ4n) is 3.24. The molecule has 180 valence electrons. The zero-order chi connectivity index (χ0) is 24.4. The second-order valence-electron chi connectivity index (χ2n) is 8.16. The summed E-state index contributed by atoms with van der Waals surface area (Å²) in [6, 6.07) is 12.4. The number of rotatable bonds is 12. The smallest absolute Gasteiger partial charge is 0.242 e. The monoisotopic (exact) mass is 510 g/mol. The average molecular weight is 512 g/mol. The van der Waals surface area contributed by atoms with Crippen LogP contribution in [0.4, 0.5) is 0 Å². The van der Waals surface area contributed by atoms with Crippen LogP contribution in [0.15, 0.2) is 42.5 Å². The molecule has 0 aliphatic rings. The van der Waals surface area contributed by atoms with Gasteiger partial charge in [0.25, 0.3) is 0 Å². The number of ether oxygens (including phenoxy) is 1. The van der Waals surface area contributed by atoms with Crippen molar-refractivity contribution in [1.29, 1.82) is 0 Å². The first-order valence-electron chi connectivity index (χ1n) is 11.0. The maximum atomic E-state index is 13.3. The summed E-state index contributed by atoms with van der Waals surface area (Å²) in [5.74, 6) is 1.80. The van der Waals surface area contributed by atoms with Gasteiger partial charge in [-0.05, 0) is 47.7 Å². The van der Waals surface area contributed by atoms with Crippen LogP contribution in [0.1, 0.15) is 38.3 Å². The van der Waals surface area contributed by atoms with E-state index in [1.807, 2.05) is 45.0 Å². The number of benzene rings is 2. The number of methoxy groups -OCH3 is 1. The Kier molecular flexibility index (Phi) is 11.4. The van der Waals surface area contributed by atoms with E-state index in [1.165, 1.54) is 11.8 Å². The zero-order valence-electron chi connectivity index (χ0n) is 19.6. The molecule has 0 bridgehead atoms. The van der Waals surface area contributed by atoms with Gasteiger partial charge in [-0.2, -0.15) is 0 Å². The molecule has 0 saturated heterocycles. The second kappa shape index (κ2) is 13.7. The highest BCUT2D eigenvalue weighted by atomic mass is 35.5. The van der Waals surface area contributed by atoms with Gasteiger partial charge in [-0.25, -0.2) is 0 Å². The van der Waals surface area contributed by atoms with Crippen LogP contribution in [0.2, 0.25) is 10.0 Å². The van der Waals surface area contributed by atoms with Gasteiger partial charge >= 0.3 is 0 Å². The molecule has 1 N–H and O–H groups in total. The molecule has 2 rings (SSSR count). The minimum absolute atomic E-state index is 0.105. The molecule has 0 unspecified atom stereocenters. The van der Waals surface area contributed by atoms with Gasteiger partial charge in [0.2, 0.25) is 11.8 Å². The Morgan fingerprint density at radius 3 is 2.39 bits per heavy atom. The van der Waals surface area contributed by atoms with Crippen LogP contribution < -0.4 is 10.1 Å². The van der Waals surface area contributed by atoms with Gasteiger partial charge in [-0.3, -0.25) is 9.59 Å². The van der Waals surface area contributed by atoms with Crippen molar-refractivity contribution in [2.45, 2.75) is 45.5 Å². The summed E-state index contributed by atoms with van der Waals surface area (Å²) in [5.41, 5.74) is 1.85. The maximum absolute atomic E-state index is 13.3. The third-order valence-corrected chi connectivity index (χ3v) is 6.66. The number of carbonyl (C=O) groups is 2. The van der Waals surface area contributed by atoms with E-state index in [4.69, 9.17) is 27.9 Å². The van der Waals surface area contributed by atoms with Crippen molar-refractivity contribution < 1.29 is 14.3 Å². The summed E-state index contributed by atoms with van der Waals surface area (Å²) < 4.78 is 5.19. The Morgan fingerprint density at radius 2 is 1.82 bits per heavy atom. The number of halogens is 2. The molecule has 33 heavy (non-hydrogen) atoms. The van der Waals surface area contributed by atoms with Crippen LogP contribution in [-0.4, -0.2) is 42.2 Å². The molecule has 0 aliphatic carbocycles. The fraction of sp³-hybridized carbons (Fsp3) is 0.440. The lowest BCUT2D eigenvalue weighted by molar-refractivity contribution is -0.139. The lowest BCUT2D eigenvalue weighted by atomic mass is 10.1. The highest BCUT2D eigenvalue weighted by molar-refractivity contribution is 7.99. The number of hydrogen-bond donors (Lipinski definition) is 1. The molecule has 1 atom stereocenters. The second-order valence-corrected chi connectivity index (χ2v) is 9.99. The Balaban J connectivity index is 2.14. The van der Waals surface area contributed by atoms with E-state index in [1.54, 1.807) is 30.2 Å². The molecular weight excluding hydrogens is 479 g/mol. The van der Waals surface area contributed by atoms with Crippen LogP contribution in [0.5, 0.6) is 5.75 Å². The first-order chi connectivity index (χ1) is 15.7. The third-order valence-electron chi connectivity index (χ3n) is 5.08. The first kappa shape index (κ1) is 27.4. The van der Waals surface area contributed by atoms with E-state index < -0.39 is 6.04 Å². The first-order valence-corrected chi connectivity index (χ1v) is 12.9. The van der Waals surface area contributed by atoms with Gasteiger partial charge in [0.15, 0.2) is 0 Å². The largest absolute Gasteiger partial charge is 0.497 e. The van der Waals surface area contributed by atoms with E-state index in [0.29, 0.717) is 34.7 Å². The fourth-order valence-corrected chi connectivity index (χ4v) is 4.58. The molecule has 5 nitrogen and oxygen atoms in total. The van der Waals surface area contributed by atoms with Crippen LogP contribution in [-0.2, 0) is 21.9 Å². The van der Waals surface area contributed by atoms with E-state index in [0.717, 1.165) is 16.9 Å². The summed E-state index contributed by atoms with van der Waals surface area (Å²) in [6.45, 7) is 6.78. The predicted molar refractivity (Wildman–Crippen MR) is 138 cm³/mol. The Labute approximate surface area is 211 Å². The van der Waals surface area contributed by atoms with E-state index >= 15 is 0 Å². The minimum Gasteiger partial charge on any atom is -0.497 e. The number of nitrogens with one attached hydrogen (secondary N) is 1. The molecular formula is C25H32Cl2N2O3S. The third kappa shape index (κ3) is 8.76. The SMILES string of the molecule is CC[C@H](C(=O)NCC(C)C)N(Cc1ccc(Cl)cc1Cl)C(=O)CSCc1ccc(OC)cc1. The molecule has 2 aromatic carbocycles.